The standard InChI is InChI=1S/C11H20N2/c1-6-13-8-10(3)9(2)7-11(4)12-5/h7,10,13H,2,5-6,8H2,1,3-4H3/b11-7-. The van der Waals surface area contributed by atoms with E-state index in [9.17, 15) is 0 Å². The second-order valence-electron chi connectivity index (χ2n) is 3.23. The van der Waals surface area contributed by atoms with E-state index in [4.69, 9.17) is 0 Å². The maximum atomic E-state index is 3.99. The summed E-state index contributed by atoms with van der Waals surface area (Å²) in [4.78, 5) is 3.82. The molecule has 0 saturated heterocycles. The van der Waals surface area contributed by atoms with Crippen LogP contribution < -0.4 is 5.32 Å². The molecule has 1 N–H and O–H groups in total. The van der Waals surface area contributed by atoms with Gasteiger partial charge in [0.2, 0.25) is 0 Å². The highest BCUT2D eigenvalue weighted by molar-refractivity contribution is 5.31. The second-order valence-corrected chi connectivity index (χ2v) is 3.23. The summed E-state index contributed by atoms with van der Waals surface area (Å²) in [7, 11) is 0. The highest BCUT2D eigenvalue weighted by Gasteiger charge is 2.02. The van der Waals surface area contributed by atoms with Gasteiger partial charge in [0.05, 0.1) is 0 Å². The zero-order valence-electron chi connectivity index (χ0n) is 8.93. The van der Waals surface area contributed by atoms with Gasteiger partial charge in [-0.3, -0.25) is 4.99 Å². The quantitative estimate of drug-likeness (QED) is 0.492. The SMILES string of the molecule is C=N/C(C)=C\C(=C)C(C)CNCC. The van der Waals surface area contributed by atoms with Gasteiger partial charge < -0.3 is 5.32 Å². The van der Waals surface area contributed by atoms with Gasteiger partial charge in [-0.05, 0) is 37.8 Å². The van der Waals surface area contributed by atoms with Crippen LogP contribution in [0.4, 0.5) is 0 Å². The fourth-order valence-electron chi connectivity index (χ4n) is 0.948. The van der Waals surface area contributed by atoms with Crippen molar-refractivity contribution in [1.29, 1.82) is 0 Å². The van der Waals surface area contributed by atoms with E-state index < -0.39 is 0 Å². The van der Waals surface area contributed by atoms with Crippen molar-refractivity contribution in [3.8, 4) is 0 Å². The van der Waals surface area contributed by atoms with Gasteiger partial charge in [0, 0.05) is 12.2 Å². The first kappa shape index (κ1) is 12.1. The third-order valence-corrected chi connectivity index (χ3v) is 1.98. The maximum Gasteiger partial charge on any atom is 0.0368 e. The highest BCUT2D eigenvalue weighted by Crippen LogP contribution is 2.11. The molecule has 13 heavy (non-hydrogen) atoms. The number of hydrogen-bond acceptors (Lipinski definition) is 2. The summed E-state index contributed by atoms with van der Waals surface area (Å²) in [5.74, 6) is 0.455. The van der Waals surface area contributed by atoms with Crippen LogP contribution in [0, 0.1) is 5.92 Å². The summed E-state index contributed by atoms with van der Waals surface area (Å²) < 4.78 is 0. The molecule has 2 nitrogen and oxygen atoms in total. The molecule has 0 spiro atoms. The van der Waals surface area contributed by atoms with Gasteiger partial charge >= 0.3 is 0 Å². The van der Waals surface area contributed by atoms with Crippen molar-refractivity contribution in [2.24, 2.45) is 10.9 Å². The molecule has 0 heterocycles. The third kappa shape index (κ3) is 5.36. The van der Waals surface area contributed by atoms with Gasteiger partial charge in [-0.2, -0.15) is 0 Å². The minimum absolute atomic E-state index is 0.455. The number of hydrogen-bond donors (Lipinski definition) is 1. The molecule has 0 aromatic rings. The van der Waals surface area contributed by atoms with Gasteiger partial charge in [0.15, 0.2) is 0 Å². The van der Waals surface area contributed by atoms with Crippen LogP contribution in [0.3, 0.4) is 0 Å². The first-order chi connectivity index (χ1) is 6.11. The average Bonchev–Trinajstić information content (AvgIpc) is 2.13. The van der Waals surface area contributed by atoms with E-state index in [1.54, 1.807) is 0 Å². The third-order valence-electron chi connectivity index (χ3n) is 1.98. The van der Waals surface area contributed by atoms with Crippen LogP contribution in [0.5, 0.6) is 0 Å². The van der Waals surface area contributed by atoms with E-state index >= 15 is 0 Å². The number of nitrogens with one attached hydrogen (secondary N) is 1. The number of aliphatic imine (C=N–C) groups is 1. The Morgan fingerprint density at radius 2 is 2.23 bits per heavy atom. The van der Waals surface area contributed by atoms with E-state index in [2.05, 4.69) is 37.5 Å². The Labute approximate surface area is 81.5 Å². The largest absolute Gasteiger partial charge is 0.316 e. The predicted molar refractivity (Wildman–Crippen MR) is 60.2 cm³/mol. The van der Waals surface area contributed by atoms with Crippen molar-refractivity contribution in [2.75, 3.05) is 13.1 Å². The molecule has 0 aliphatic carbocycles. The van der Waals surface area contributed by atoms with E-state index in [1.165, 1.54) is 0 Å². The van der Waals surface area contributed by atoms with E-state index in [0.29, 0.717) is 5.92 Å². The number of nitrogens with zero attached hydrogens (tertiary/aromatic N) is 1. The van der Waals surface area contributed by atoms with Crippen molar-refractivity contribution in [1.82, 2.24) is 5.32 Å². The molecule has 2 heteroatoms. The summed E-state index contributed by atoms with van der Waals surface area (Å²) in [5.41, 5.74) is 2.03. The Balaban J connectivity index is 4.03. The Hall–Kier alpha value is -0.890. The van der Waals surface area contributed by atoms with Crippen LogP contribution in [-0.2, 0) is 0 Å². The number of rotatable bonds is 6. The van der Waals surface area contributed by atoms with Crippen molar-refractivity contribution in [3.63, 3.8) is 0 Å². The van der Waals surface area contributed by atoms with Gasteiger partial charge in [-0.25, -0.2) is 0 Å². The van der Waals surface area contributed by atoms with Crippen molar-refractivity contribution in [3.05, 3.63) is 23.9 Å². The molecule has 1 unspecified atom stereocenters. The van der Waals surface area contributed by atoms with Crippen LogP contribution in [-0.4, -0.2) is 19.8 Å². The minimum atomic E-state index is 0.455. The Kier molecular flexibility index (Phi) is 6.15. The van der Waals surface area contributed by atoms with Crippen LogP contribution in [0.25, 0.3) is 0 Å². The Morgan fingerprint density at radius 1 is 1.62 bits per heavy atom. The molecule has 74 valence electrons. The van der Waals surface area contributed by atoms with Gasteiger partial charge in [0.25, 0.3) is 0 Å². The second kappa shape index (κ2) is 6.61. The fraction of sp³-hybridized carbons (Fsp3) is 0.545. The van der Waals surface area contributed by atoms with Gasteiger partial charge in [0.1, 0.15) is 0 Å². The van der Waals surface area contributed by atoms with Gasteiger partial charge in [-0.1, -0.05) is 20.4 Å². The lowest BCUT2D eigenvalue weighted by Crippen LogP contribution is -2.21. The minimum Gasteiger partial charge on any atom is -0.316 e. The lowest BCUT2D eigenvalue weighted by atomic mass is 10.0. The maximum absolute atomic E-state index is 3.99. The average molecular weight is 180 g/mol. The molecule has 0 rings (SSSR count). The number of allylic oxidation sites excluding steroid dienone is 2. The summed E-state index contributed by atoms with van der Waals surface area (Å²) in [5, 5.41) is 3.28. The van der Waals surface area contributed by atoms with E-state index in [-0.39, 0.29) is 0 Å². The first-order valence-electron chi connectivity index (χ1n) is 4.66. The lowest BCUT2D eigenvalue weighted by Gasteiger charge is -2.11. The van der Waals surface area contributed by atoms with Crippen LogP contribution in [0.2, 0.25) is 0 Å². The molecule has 0 aromatic carbocycles. The van der Waals surface area contributed by atoms with Crippen molar-refractivity contribution < 1.29 is 0 Å². The molecule has 0 aliphatic rings. The monoisotopic (exact) mass is 180 g/mol. The van der Waals surface area contributed by atoms with E-state index in [1.807, 2.05) is 13.0 Å². The van der Waals surface area contributed by atoms with Crippen molar-refractivity contribution >= 4 is 6.72 Å². The highest BCUT2D eigenvalue weighted by atomic mass is 14.8. The molecule has 0 bridgehead atoms. The molecule has 1 atom stereocenters. The fourth-order valence-corrected chi connectivity index (χ4v) is 0.948. The molecule has 0 radical (unpaired) electrons. The van der Waals surface area contributed by atoms with Crippen LogP contribution in [0.1, 0.15) is 20.8 Å². The van der Waals surface area contributed by atoms with E-state index in [0.717, 1.165) is 24.4 Å². The smallest absolute Gasteiger partial charge is 0.0368 e. The predicted octanol–water partition coefficient (Wildman–Crippen LogP) is 2.39. The van der Waals surface area contributed by atoms with Gasteiger partial charge in [-0.15, -0.1) is 0 Å². The lowest BCUT2D eigenvalue weighted by molar-refractivity contribution is 0.596. The summed E-state index contributed by atoms with van der Waals surface area (Å²) >= 11 is 0. The first-order valence-corrected chi connectivity index (χ1v) is 4.66. The Morgan fingerprint density at radius 3 is 2.69 bits per heavy atom. The van der Waals surface area contributed by atoms with Crippen LogP contribution >= 0.6 is 0 Å². The molecular weight excluding hydrogens is 160 g/mol. The molecule has 0 saturated carbocycles. The zero-order chi connectivity index (χ0) is 10.3. The molecular formula is C11H20N2. The zero-order valence-corrected chi connectivity index (χ0v) is 8.93. The summed E-state index contributed by atoms with van der Waals surface area (Å²) in [6, 6.07) is 0. The molecule has 0 aliphatic heterocycles. The topological polar surface area (TPSA) is 24.4 Å². The van der Waals surface area contributed by atoms with Crippen LogP contribution in [0.15, 0.2) is 28.9 Å². The summed E-state index contributed by atoms with van der Waals surface area (Å²) in [6.07, 6.45) is 1.98. The van der Waals surface area contributed by atoms with Crippen molar-refractivity contribution in [2.45, 2.75) is 20.8 Å². The normalized spacial score (nSPS) is 13.9. The Bertz CT molecular complexity index is 204. The summed E-state index contributed by atoms with van der Waals surface area (Å²) in [6.45, 7) is 15.6. The molecule has 0 amide bonds. The molecule has 0 fully saturated rings. The molecule has 0 aromatic heterocycles.